The summed E-state index contributed by atoms with van der Waals surface area (Å²) in [5.41, 5.74) is 0. The van der Waals surface area contributed by atoms with Crippen LogP contribution in [0.15, 0.2) is 0 Å². The van der Waals surface area contributed by atoms with E-state index in [0.29, 0.717) is 0 Å². The maximum atomic E-state index is 11.5. The molecule has 0 aromatic carbocycles. The molecule has 0 saturated carbocycles. The molecule has 0 radical (unpaired) electrons. The Kier molecular flexibility index (Phi) is 4.08. The zero-order valence-corrected chi connectivity index (χ0v) is 9.62. The largest absolute Gasteiger partial charge is 0.317 e. The van der Waals surface area contributed by atoms with Crippen molar-refractivity contribution in [3.05, 3.63) is 0 Å². The van der Waals surface area contributed by atoms with E-state index in [0.717, 1.165) is 25.9 Å². The van der Waals surface area contributed by atoms with Crippen molar-refractivity contribution >= 4 is 11.8 Å². The first-order valence-electron chi connectivity index (χ1n) is 5.28. The fraction of sp³-hybridized carbons (Fsp3) is 0.800. The van der Waals surface area contributed by atoms with Crippen molar-refractivity contribution in [2.75, 3.05) is 20.1 Å². The molecule has 5 nitrogen and oxygen atoms in total. The van der Waals surface area contributed by atoms with Crippen LogP contribution in [0.3, 0.4) is 0 Å². The fourth-order valence-electron chi connectivity index (χ4n) is 1.92. The summed E-state index contributed by atoms with van der Waals surface area (Å²) in [6.07, 6.45) is 1.80. The van der Waals surface area contributed by atoms with Gasteiger partial charge in [0, 0.05) is 20.9 Å². The molecule has 1 aliphatic rings. The van der Waals surface area contributed by atoms with Crippen molar-refractivity contribution in [3.63, 3.8) is 0 Å². The minimum Gasteiger partial charge on any atom is -0.317 e. The molecule has 0 atom stereocenters. The Labute approximate surface area is 90.4 Å². The lowest BCUT2D eigenvalue weighted by molar-refractivity contribution is -0.164. The zero-order chi connectivity index (χ0) is 11.4. The van der Waals surface area contributed by atoms with E-state index < -0.39 is 0 Å². The highest BCUT2D eigenvalue weighted by atomic mass is 16.2. The van der Waals surface area contributed by atoms with E-state index in [4.69, 9.17) is 0 Å². The van der Waals surface area contributed by atoms with E-state index in [1.165, 1.54) is 18.9 Å². The lowest BCUT2D eigenvalue weighted by Crippen LogP contribution is -2.54. The Morgan fingerprint density at radius 3 is 2.07 bits per heavy atom. The number of hydrogen-bond acceptors (Lipinski definition) is 3. The first kappa shape index (κ1) is 12.0. The van der Waals surface area contributed by atoms with Crippen LogP contribution in [0.5, 0.6) is 0 Å². The second kappa shape index (κ2) is 5.11. The van der Waals surface area contributed by atoms with Crippen LogP contribution in [0.2, 0.25) is 0 Å². The third kappa shape index (κ3) is 2.92. The SMILES string of the molecule is CC(=O)N(C)N(C(C)=O)C1CCNCC1. The van der Waals surface area contributed by atoms with Gasteiger partial charge in [0.05, 0.1) is 6.04 Å². The Morgan fingerprint density at radius 1 is 1.13 bits per heavy atom. The minimum atomic E-state index is -0.108. The summed E-state index contributed by atoms with van der Waals surface area (Å²) in [4.78, 5) is 22.7. The minimum absolute atomic E-state index is 0.0698. The van der Waals surface area contributed by atoms with E-state index in [9.17, 15) is 9.59 Å². The summed E-state index contributed by atoms with van der Waals surface area (Å²) in [7, 11) is 1.64. The third-order valence-electron chi connectivity index (χ3n) is 2.76. The summed E-state index contributed by atoms with van der Waals surface area (Å²) >= 11 is 0. The monoisotopic (exact) mass is 213 g/mol. The third-order valence-corrected chi connectivity index (χ3v) is 2.76. The molecule has 0 bridgehead atoms. The van der Waals surface area contributed by atoms with E-state index in [1.54, 1.807) is 12.1 Å². The molecule has 15 heavy (non-hydrogen) atoms. The predicted molar refractivity (Wildman–Crippen MR) is 56.9 cm³/mol. The van der Waals surface area contributed by atoms with Crippen LogP contribution in [0.25, 0.3) is 0 Å². The van der Waals surface area contributed by atoms with Crippen LogP contribution in [-0.4, -0.2) is 48.0 Å². The Hall–Kier alpha value is -1.10. The maximum absolute atomic E-state index is 11.5. The quantitative estimate of drug-likeness (QED) is 0.623. The molecule has 1 heterocycles. The van der Waals surface area contributed by atoms with Gasteiger partial charge in [-0.1, -0.05) is 0 Å². The van der Waals surface area contributed by atoms with Crippen molar-refractivity contribution in [2.24, 2.45) is 0 Å². The molecule has 1 aliphatic heterocycles. The predicted octanol–water partition coefficient (Wildman–Crippen LogP) is -0.0198. The van der Waals surface area contributed by atoms with Gasteiger partial charge in [-0.05, 0) is 25.9 Å². The second-order valence-corrected chi connectivity index (χ2v) is 3.89. The maximum Gasteiger partial charge on any atom is 0.238 e. The summed E-state index contributed by atoms with van der Waals surface area (Å²) in [6.45, 7) is 4.78. The van der Waals surface area contributed by atoms with Crippen LogP contribution in [-0.2, 0) is 9.59 Å². The van der Waals surface area contributed by atoms with Gasteiger partial charge < -0.3 is 5.32 Å². The molecule has 86 valence electrons. The number of amides is 2. The van der Waals surface area contributed by atoms with Gasteiger partial charge in [0.2, 0.25) is 11.8 Å². The standard InChI is InChI=1S/C10H19N3O2/c1-8(14)12(3)13(9(2)15)10-4-6-11-7-5-10/h10-11H,4-7H2,1-3H3. The lowest BCUT2D eigenvalue weighted by Gasteiger charge is -2.39. The Balaban J connectivity index is 2.71. The first-order chi connectivity index (χ1) is 7.04. The highest BCUT2D eigenvalue weighted by Gasteiger charge is 2.27. The molecular weight excluding hydrogens is 194 g/mol. The highest BCUT2D eigenvalue weighted by molar-refractivity contribution is 5.79. The number of nitrogens with zero attached hydrogens (tertiary/aromatic N) is 2. The number of hydrogen-bond donors (Lipinski definition) is 1. The second-order valence-electron chi connectivity index (χ2n) is 3.89. The van der Waals surface area contributed by atoms with E-state index in [-0.39, 0.29) is 17.9 Å². The normalized spacial score (nSPS) is 17.3. The molecule has 5 heteroatoms. The molecule has 1 N–H and O–H groups in total. The average Bonchev–Trinajstić information content (AvgIpc) is 2.18. The number of hydrazine groups is 1. The highest BCUT2D eigenvalue weighted by Crippen LogP contribution is 2.14. The molecule has 1 fully saturated rings. The van der Waals surface area contributed by atoms with Crippen molar-refractivity contribution in [1.82, 2.24) is 15.3 Å². The average molecular weight is 213 g/mol. The van der Waals surface area contributed by atoms with E-state index >= 15 is 0 Å². The van der Waals surface area contributed by atoms with Crippen molar-refractivity contribution in [2.45, 2.75) is 32.7 Å². The number of piperidine rings is 1. The molecule has 2 amide bonds. The molecule has 1 saturated heterocycles. The summed E-state index contributed by atoms with van der Waals surface area (Å²) in [6, 6.07) is 0.151. The zero-order valence-electron chi connectivity index (χ0n) is 9.62. The van der Waals surface area contributed by atoms with Crippen molar-refractivity contribution in [1.29, 1.82) is 0 Å². The van der Waals surface area contributed by atoms with Gasteiger partial charge in [0.25, 0.3) is 0 Å². The van der Waals surface area contributed by atoms with Crippen LogP contribution in [0, 0.1) is 0 Å². The van der Waals surface area contributed by atoms with E-state index in [1.807, 2.05) is 0 Å². The van der Waals surface area contributed by atoms with Gasteiger partial charge in [-0.25, -0.2) is 5.01 Å². The molecule has 0 aromatic rings. The molecule has 0 unspecified atom stereocenters. The Bertz CT molecular complexity index is 249. The molecule has 1 rings (SSSR count). The summed E-state index contributed by atoms with van der Waals surface area (Å²) in [5.74, 6) is -0.177. The van der Waals surface area contributed by atoms with Gasteiger partial charge in [-0.15, -0.1) is 0 Å². The first-order valence-corrected chi connectivity index (χ1v) is 5.28. The Morgan fingerprint density at radius 2 is 1.67 bits per heavy atom. The molecular formula is C10H19N3O2. The number of carbonyl (C=O) groups excluding carboxylic acids is 2. The van der Waals surface area contributed by atoms with Crippen LogP contribution >= 0.6 is 0 Å². The number of rotatable bonds is 1. The summed E-state index contributed by atoms with van der Waals surface area (Å²) < 4.78 is 0. The van der Waals surface area contributed by atoms with Crippen molar-refractivity contribution in [3.8, 4) is 0 Å². The van der Waals surface area contributed by atoms with Crippen LogP contribution < -0.4 is 5.32 Å². The molecule has 0 aromatic heterocycles. The molecule has 0 aliphatic carbocycles. The van der Waals surface area contributed by atoms with Gasteiger partial charge in [-0.2, -0.15) is 0 Å². The van der Waals surface area contributed by atoms with Gasteiger partial charge in [0.15, 0.2) is 0 Å². The summed E-state index contributed by atoms with van der Waals surface area (Å²) in [5, 5.41) is 6.22. The van der Waals surface area contributed by atoms with Crippen LogP contribution in [0.4, 0.5) is 0 Å². The van der Waals surface area contributed by atoms with Crippen molar-refractivity contribution < 1.29 is 9.59 Å². The van der Waals surface area contributed by atoms with Gasteiger partial charge in [0.1, 0.15) is 0 Å². The lowest BCUT2D eigenvalue weighted by atomic mass is 10.1. The van der Waals surface area contributed by atoms with Crippen LogP contribution in [0.1, 0.15) is 26.7 Å². The molecule has 0 spiro atoms. The number of carbonyl (C=O) groups is 2. The smallest absolute Gasteiger partial charge is 0.238 e. The fourth-order valence-corrected chi connectivity index (χ4v) is 1.92. The topological polar surface area (TPSA) is 52.7 Å². The van der Waals surface area contributed by atoms with Gasteiger partial charge >= 0.3 is 0 Å². The van der Waals surface area contributed by atoms with Gasteiger partial charge in [-0.3, -0.25) is 14.6 Å². The van der Waals surface area contributed by atoms with E-state index in [2.05, 4.69) is 5.32 Å². The number of nitrogens with one attached hydrogen (secondary N) is 1.